The Morgan fingerprint density at radius 3 is 2.63 bits per heavy atom. The molecule has 140 valence electrons. The van der Waals surface area contributed by atoms with Crippen molar-refractivity contribution in [3.63, 3.8) is 0 Å². The summed E-state index contributed by atoms with van der Waals surface area (Å²) in [7, 11) is 0. The van der Waals surface area contributed by atoms with Crippen molar-refractivity contribution in [2.75, 3.05) is 5.32 Å². The van der Waals surface area contributed by atoms with Crippen LogP contribution in [0.25, 0.3) is 11.5 Å². The van der Waals surface area contributed by atoms with E-state index in [9.17, 15) is 4.79 Å². The van der Waals surface area contributed by atoms with E-state index in [0.717, 1.165) is 24.8 Å². The fraction of sp³-hybridized carbons (Fsp3) is 0.263. The second-order valence-corrected chi connectivity index (χ2v) is 6.62. The summed E-state index contributed by atoms with van der Waals surface area (Å²) in [5.74, 6) is 0.647. The minimum absolute atomic E-state index is 0. The molecule has 1 fully saturated rings. The van der Waals surface area contributed by atoms with Gasteiger partial charge in [-0.05, 0) is 49.9 Å². The van der Waals surface area contributed by atoms with Crippen LogP contribution in [0.2, 0.25) is 0 Å². The number of para-hydroxylation sites is 1. The predicted molar refractivity (Wildman–Crippen MR) is 104 cm³/mol. The third-order valence-corrected chi connectivity index (χ3v) is 4.80. The van der Waals surface area contributed by atoms with E-state index in [1.54, 1.807) is 24.5 Å². The lowest BCUT2D eigenvalue weighted by Gasteiger charge is -2.34. The van der Waals surface area contributed by atoms with E-state index in [4.69, 9.17) is 10.3 Å². The molecule has 1 saturated carbocycles. The van der Waals surface area contributed by atoms with Gasteiger partial charge in [0.2, 0.25) is 0 Å². The Labute approximate surface area is 162 Å². The van der Waals surface area contributed by atoms with E-state index in [-0.39, 0.29) is 18.3 Å². The molecule has 1 aliphatic carbocycles. The minimum Gasteiger partial charge on any atom is -0.334 e. The maximum absolute atomic E-state index is 12.5. The molecule has 0 aliphatic heterocycles. The van der Waals surface area contributed by atoms with Crippen LogP contribution < -0.4 is 11.1 Å². The van der Waals surface area contributed by atoms with Crippen LogP contribution in [0, 0.1) is 6.92 Å². The molecule has 0 spiro atoms. The van der Waals surface area contributed by atoms with Crippen LogP contribution in [0.4, 0.5) is 5.69 Å². The summed E-state index contributed by atoms with van der Waals surface area (Å²) in [5.41, 5.74) is 8.53. The molecule has 3 aromatic rings. The molecule has 2 aromatic heterocycles. The van der Waals surface area contributed by atoms with Crippen molar-refractivity contribution in [2.24, 2.45) is 5.73 Å². The summed E-state index contributed by atoms with van der Waals surface area (Å²) in [6.07, 6.45) is 5.93. The van der Waals surface area contributed by atoms with Crippen molar-refractivity contribution in [3.8, 4) is 11.5 Å². The number of rotatable bonds is 4. The van der Waals surface area contributed by atoms with Crippen molar-refractivity contribution in [1.29, 1.82) is 0 Å². The Kier molecular flexibility index (Phi) is 5.25. The Hall–Kier alpha value is -2.77. The van der Waals surface area contributed by atoms with Crippen LogP contribution in [-0.4, -0.2) is 21.0 Å². The predicted octanol–water partition coefficient (Wildman–Crippen LogP) is 3.45. The van der Waals surface area contributed by atoms with Crippen molar-refractivity contribution in [1.82, 2.24) is 15.1 Å². The molecule has 2 heterocycles. The number of nitrogens with two attached hydrogens (primary N) is 1. The summed E-state index contributed by atoms with van der Waals surface area (Å²) in [5, 5.41) is 7.01. The number of benzene rings is 1. The SMILES string of the molecule is Cc1cccc(-c2nc(C3(N)CCC3)no2)c1NC(=O)c1ccncc1.Cl. The van der Waals surface area contributed by atoms with Crippen LogP contribution in [0.5, 0.6) is 0 Å². The van der Waals surface area contributed by atoms with E-state index in [1.165, 1.54) is 0 Å². The topological polar surface area (TPSA) is 107 Å². The first-order valence-electron chi connectivity index (χ1n) is 8.51. The van der Waals surface area contributed by atoms with Crippen LogP contribution in [0.15, 0.2) is 47.2 Å². The molecule has 0 radical (unpaired) electrons. The maximum atomic E-state index is 12.5. The average molecular weight is 386 g/mol. The number of hydrogen-bond donors (Lipinski definition) is 2. The molecular formula is C19H20ClN5O2. The molecule has 0 atom stereocenters. The van der Waals surface area contributed by atoms with Gasteiger partial charge in [0.15, 0.2) is 5.82 Å². The number of aryl methyl sites for hydroxylation is 1. The summed E-state index contributed by atoms with van der Waals surface area (Å²) < 4.78 is 5.45. The van der Waals surface area contributed by atoms with Crippen LogP contribution in [0.3, 0.4) is 0 Å². The number of nitrogens with one attached hydrogen (secondary N) is 1. The standard InChI is InChI=1S/C19H19N5O2.ClH/c1-12-4-2-5-14(15(12)22-16(25)13-6-10-21-11-7-13)17-23-18(24-26-17)19(20)8-3-9-19;/h2,4-7,10-11H,3,8-9,20H2,1H3,(H,22,25);1H. The number of carbonyl (C=O) groups is 1. The smallest absolute Gasteiger partial charge is 0.260 e. The number of aromatic nitrogens is 3. The Bertz CT molecular complexity index is 954. The zero-order valence-corrected chi connectivity index (χ0v) is 15.6. The highest BCUT2D eigenvalue weighted by Crippen LogP contribution is 2.38. The number of amides is 1. The Morgan fingerprint density at radius 2 is 1.96 bits per heavy atom. The Morgan fingerprint density at radius 1 is 1.22 bits per heavy atom. The quantitative estimate of drug-likeness (QED) is 0.712. The minimum atomic E-state index is -0.494. The average Bonchev–Trinajstić information content (AvgIpc) is 3.12. The van der Waals surface area contributed by atoms with Gasteiger partial charge in [-0.25, -0.2) is 0 Å². The van der Waals surface area contributed by atoms with Crippen molar-refractivity contribution >= 4 is 24.0 Å². The lowest BCUT2D eigenvalue weighted by molar-refractivity contribution is 0.102. The second-order valence-electron chi connectivity index (χ2n) is 6.62. The van der Waals surface area contributed by atoms with Gasteiger partial charge in [0, 0.05) is 18.0 Å². The first kappa shape index (κ1) is 19.0. The fourth-order valence-electron chi connectivity index (χ4n) is 3.02. The molecule has 27 heavy (non-hydrogen) atoms. The largest absolute Gasteiger partial charge is 0.334 e. The van der Waals surface area contributed by atoms with E-state index in [0.29, 0.717) is 28.5 Å². The van der Waals surface area contributed by atoms with E-state index in [2.05, 4.69) is 20.4 Å². The number of pyridine rings is 1. The van der Waals surface area contributed by atoms with Gasteiger partial charge in [0.1, 0.15) is 0 Å². The molecule has 1 aliphatic rings. The molecular weight excluding hydrogens is 366 g/mol. The van der Waals surface area contributed by atoms with E-state index < -0.39 is 5.54 Å². The van der Waals surface area contributed by atoms with Gasteiger partial charge in [-0.3, -0.25) is 9.78 Å². The summed E-state index contributed by atoms with van der Waals surface area (Å²) in [4.78, 5) is 21.0. The summed E-state index contributed by atoms with van der Waals surface area (Å²) in [6.45, 7) is 1.92. The van der Waals surface area contributed by atoms with Gasteiger partial charge in [0.05, 0.1) is 16.8 Å². The molecule has 7 nitrogen and oxygen atoms in total. The molecule has 1 amide bonds. The molecule has 3 N–H and O–H groups in total. The third kappa shape index (κ3) is 3.56. The second kappa shape index (κ2) is 7.46. The zero-order valence-electron chi connectivity index (χ0n) is 14.8. The highest BCUT2D eigenvalue weighted by atomic mass is 35.5. The van der Waals surface area contributed by atoms with Gasteiger partial charge >= 0.3 is 0 Å². The fourth-order valence-corrected chi connectivity index (χ4v) is 3.02. The van der Waals surface area contributed by atoms with Crippen molar-refractivity contribution in [2.45, 2.75) is 31.7 Å². The van der Waals surface area contributed by atoms with Crippen LogP contribution in [-0.2, 0) is 5.54 Å². The molecule has 0 bridgehead atoms. The molecule has 0 unspecified atom stereocenters. The highest BCUT2D eigenvalue weighted by molar-refractivity contribution is 6.06. The summed E-state index contributed by atoms with van der Waals surface area (Å²) in [6, 6.07) is 8.97. The van der Waals surface area contributed by atoms with Crippen LogP contribution >= 0.6 is 12.4 Å². The van der Waals surface area contributed by atoms with E-state index in [1.807, 2.05) is 25.1 Å². The first-order valence-corrected chi connectivity index (χ1v) is 8.51. The number of nitrogens with zero attached hydrogens (tertiary/aromatic N) is 3. The summed E-state index contributed by atoms with van der Waals surface area (Å²) >= 11 is 0. The van der Waals surface area contributed by atoms with Gasteiger partial charge in [-0.1, -0.05) is 17.3 Å². The van der Waals surface area contributed by atoms with Gasteiger partial charge < -0.3 is 15.6 Å². The van der Waals surface area contributed by atoms with E-state index >= 15 is 0 Å². The third-order valence-electron chi connectivity index (χ3n) is 4.80. The van der Waals surface area contributed by atoms with Crippen molar-refractivity contribution < 1.29 is 9.32 Å². The monoisotopic (exact) mass is 385 g/mol. The van der Waals surface area contributed by atoms with Gasteiger partial charge in [-0.15, -0.1) is 12.4 Å². The Balaban J connectivity index is 0.00000210. The van der Waals surface area contributed by atoms with Crippen LogP contribution in [0.1, 0.15) is 41.0 Å². The number of anilines is 1. The lowest BCUT2D eigenvalue weighted by atomic mass is 9.77. The zero-order chi connectivity index (χ0) is 18.1. The molecule has 8 heteroatoms. The maximum Gasteiger partial charge on any atom is 0.260 e. The molecule has 1 aromatic carbocycles. The molecule has 0 saturated heterocycles. The lowest BCUT2D eigenvalue weighted by Crippen LogP contribution is -2.44. The normalized spacial score (nSPS) is 14.7. The molecule has 4 rings (SSSR count). The number of carbonyl (C=O) groups excluding carboxylic acids is 1. The van der Waals surface area contributed by atoms with Gasteiger partial charge in [-0.2, -0.15) is 4.98 Å². The highest BCUT2D eigenvalue weighted by Gasteiger charge is 2.39. The van der Waals surface area contributed by atoms with Crippen molar-refractivity contribution in [3.05, 3.63) is 59.7 Å². The first-order chi connectivity index (χ1) is 12.6. The number of halogens is 1. The van der Waals surface area contributed by atoms with Gasteiger partial charge in [0.25, 0.3) is 11.8 Å². The number of hydrogen-bond acceptors (Lipinski definition) is 6.